The van der Waals surface area contributed by atoms with E-state index in [1.54, 1.807) is 0 Å². The average Bonchev–Trinajstić information content (AvgIpc) is 3.00. The SMILES string of the molecule is CO[C@@H]1O[C@H]2C[C@H](c3ccccc3)O[C@@H]2[C@H](OS(C)(=O)=O)[C@@H]1N=[N+]=[N-]. The quantitative estimate of drug-likeness (QED) is 0.338. The van der Waals surface area contributed by atoms with Gasteiger partial charge in [-0.2, -0.15) is 8.42 Å². The summed E-state index contributed by atoms with van der Waals surface area (Å²) in [7, 11) is -2.41. The van der Waals surface area contributed by atoms with Crippen molar-refractivity contribution in [2.45, 2.75) is 43.2 Å². The Hall–Kier alpha value is -1.68. The highest BCUT2D eigenvalue weighted by Gasteiger charge is 2.53. The molecule has 9 nitrogen and oxygen atoms in total. The summed E-state index contributed by atoms with van der Waals surface area (Å²) in [6, 6.07) is 8.55. The van der Waals surface area contributed by atoms with Crippen LogP contribution in [-0.2, 0) is 28.5 Å². The van der Waals surface area contributed by atoms with Gasteiger partial charge in [0.15, 0.2) is 6.29 Å². The lowest BCUT2D eigenvalue weighted by Gasteiger charge is -2.40. The second-order valence-corrected chi connectivity index (χ2v) is 7.58. The first-order chi connectivity index (χ1) is 11.9. The van der Waals surface area contributed by atoms with Crippen LogP contribution in [0.15, 0.2) is 35.4 Å². The van der Waals surface area contributed by atoms with Crippen molar-refractivity contribution in [2.75, 3.05) is 13.4 Å². The predicted octanol–water partition coefficient (Wildman–Crippen LogP) is 1.91. The molecule has 2 saturated heterocycles. The molecule has 0 amide bonds. The monoisotopic (exact) mass is 369 g/mol. The topological polar surface area (TPSA) is 120 Å². The molecule has 1 aromatic rings. The Labute approximate surface area is 145 Å². The smallest absolute Gasteiger partial charge is 0.264 e. The first-order valence-electron chi connectivity index (χ1n) is 7.74. The van der Waals surface area contributed by atoms with Crippen LogP contribution in [-0.4, -0.2) is 52.4 Å². The van der Waals surface area contributed by atoms with Crippen molar-refractivity contribution in [3.63, 3.8) is 0 Å². The molecule has 0 saturated carbocycles. The van der Waals surface area contributed by atoms with Gasteiger partial charge in [-0.05, 0) is 11.1 Å². The van der Waals surface area contributed by atoms with E-state index in [0.29, 0.717) is 6.42 Å². The molecular weight excluding hydrogens is 350 g/mol. The minimum absolute atomic E-state index is 0.274. The zero-order chi connectivity index (χ0) is 18.0. The Balaban J connectivity index is 1.91. The van der Waals surface area contributed by atoms with Gasteiger partial charge in [0.1, 0.15) is 18.2 Å². The molecule has 0 N–H and O–H groups in total. The van der Waals surface area contributed by atoms with Crippen LogP contribution < -0.4 is 0 Å². The van der Waals surface area contributed by atoms with E-state index in [1.807, 2.05) is 30.3 Å². The highest BCUT2D eigenvalue weighted by Crippen LogP contribution is 2.42. The predicted molar refractivity (Wildman–Crippen MR) is 87.0 cm³/mol. The Bertz CT molecular complexity index is 752. The normalized spacial score (nSPS) is 35.0. The number of azide groups is 1. The fourth-order valence-corrected chi connectivity index (χ4v) is 3.90. The number of rotatable bonds is 5. The second-order valence-electron chi connectivity index (χ2n) is 5.97. The number of benzene rings is 1. The van der Waals surface area contributed by atoms with Crippen LogP contribution in [0.2, 0.25) is 0 Å². The summed E-state index contributed by atoms with van der Waals surface area (Å²) in [5.74, 6) is 0. The van der Waals surface area contributed by atoms with Crippen molar-refractivity contribution in [3.8, 4) is 0 Å². The summed E-state index contributed by atoms with van der Waals surface area (Å²) in [4.78, 5) is 2.76. The van der Waals surface area contributed by atoms with Crippen LogP contribution in [0.5, 0.6) is 0 Å². The molecule has 3 rings (SSSR count). The van der Waals surface area contributed by atoms with Crippen molar-refractivity contribution >= 4 is 10.1 Å². The molecule has 0 aromatic heterocycles. The number of hydrogen-bond donors (Lipinski definition) is 0. The Morgan fingerprint density at radius 3 is 2.60 bits per heavy atom. The van der Waals surface area contributed by atoms with Gasteiger partial charge >= 0.3 is 0 Å². The number of nitrogens with zero attached hydrogens (tertiary/aromatic N) is 3. The van der Waals surface area contributed by atoms with Crippen molar-refractivity contribution in [2.24, 2.45) is 5.11 Å². The van der Waals surface area contributed by atoms with E-state index in [4.69, 9.17) is 23.9 Å². The van der Waals surface area contributed by atoms with Gasteiger partial charge in [-0.15, -0.1) is 0 Å². The van der Waals surface area contributed by atoms with Crippen LogP contribution in [0.1, 0.15) is 18.1 Å². The molecule has 2 heterocycles. The zero-order valence-electron chi connectivity index (χ0n) is 13.8. The van der Waals surface area contributed by atoms with Crippen LogP contribution >= 0.6 is 0 Å². The fourth-order valence-electron chi connectivity index (χ4n) is 3.27. The van der Waals surface area contributed by atoms with Gasteiger partial charge in [-0.1, -0.05) is 35.4 Å². The van der Waals surface area contributed by atoms with Crippen molar-refractivity contribution < 1.29 is 26.8 Å². The summed E-state index contributed by atoms with van der Waals surface area (Å²) in [6.45, 7) is 0. The van der Waals surface area contributed by atoms with E-state index in [0.717, 1.165) is 11.8 Å². The van der Waals surface area contributed by atoms with E-state index >= 15 is 0 Å². The molecule has 10 heteroatoms. The lowest BCUT2D eigenvalue weighted by atomic mass is 9.96. The van der Waals surface area contributed by atoms with Crippen LogP contribution in [0.25, 0.3) is 10.4 Å². The summed E-state index contributed by atoms with van der Waals surface area (Å²) in [6.07, 6.45) is -1.89. The maximum atomic E-state index is 11.7. The standard InChI is InChI=1S/C15H19N3O6S/c1-21-15-12(17-18-16)14(24-25(2,19)20)13-11(23-15)8-10(22-13)9-6-4-3-5-7-9/h3-7,10-15H,8H2,1-2H3/t10-,11+,12+,13+,14-,15-/m1/s1. The molecule has 0 unspecified atom stereocenters. The van der Waals surface area contributed by atoms with Gasteiger partial charge in [0.2, 0.25) is 0 Å². The van der Waals surface area contributed by atoms with E-state index in [2.05, 4.69) is 10.0 Å². The van der Waals surface area contributed by atoms with Crippen LogP contribution in [0, 0.1) is 0 Å². The lowest BCUT2D eigenvalue weighted by Crippen LogP contribution is -2.57. The lowest BCUT2D eigenvalue weighted by molar-refractivity contribution is -0.234. The summed E-state index contributed by atoms with van der Waals surface area (Å²) in [5, 5.41) is 3.62. The average molecular weight is 369 g/mol. The van der Waals surface area contributed by atoms with Gasteiger partial charge in [-0.25, -0.2) is 0 Å². The van der Waals surface area contributed by atoms with Crippen molar-refractivity contribution in [1.29, 1.82) is 0 Å². The molecule has 0 radical (unpaired) electrons. The third-order valence-electron chi connectivity index (χ3n) is 4.26. The minimum atomic E-state index is -3.80. The third-order valence-corrected chi connectivity index (χ3v) is 4.83. The molecule has 136 valence electrons. The largest absolute Gasteiger partial charge is 0.365 e. The molecule has 0 spiro atoms. The minimum Gasteiger partial charge on any atom is -0.365 e. The highest BCUT2D eigenvalue weighted by atomic mass is 32.2. The third kappa shape index (κ3) is 3.95. The van der Waals surface area contributed by atoms with Gasteiger partial charge in [0, 0.05) is 18.4 Å². The van der Waals surface area contributed by atoms with E-state index in [1.165, 1.54) is 7.11 Å². The molecule has 0 aliphatic carbocycles. The molecule has 2 aliphatic rings. The fraction of sp³-hybridized carbons (Fsp3) is 0.600. The van der Waals surface area contributed by atoms with E-state index in [-0.39, 0.29) is 6.10 Å². The van der Waals surface area contributed by atoms with Crippen molar-refractivity contribution in [3.05, 3.63) is 46.3 Å². The second kappa shape index (κ2) is 7.28. The Morgan fingerprint density at radius 1 is 1.28 bits per heavy atom. The zero-order valence-corrected chi connectivity index (χ0v) is 14.6. The van der Waals surface area contributed by atoms with Crippen LogP contribution in [0.3, 0.4) is 0 Å². The molecule has 1 aromatic carbocycles. The Morgan fingerprint density at radius 2 is 2.00 bits per heavy atom. The summed E-state index contributed by atoms with van der Waals surface area (Å²) >= 11 is 0. The molecule has 0 bridgehead atoms. The number of fused-ring (bicyclic) bond motifs is 1. The van der Waals surface area contributed by atoms with E-state index < -0.39 is 40.8 Å². The summed E-state index contributed by atoms with van der Waals surface area (Å²) < 4.78 is 45.7. The molecule has 6 atom stereocenters. The van der Waals surface area contributed by atoms with Crippen molar-refractivity contribution in [1.82, 2.24) is 0 Å². The maximum absolute atomic E-state index is 11.7. The first-order valence-corrected chi connectivity index (χ1v) is 9.55. The van der Waals surface area contributed by atoms with Gasteiger partial charge < -0.3 is 14.2 Å². The molecule has 2 fully saturated rings. The number of hydrogen-bond acceptors (Lipinski definition) is 7. The van der Waals surface area contributed by atoms with E-state index in [9.17, 15) is 8.42 Å². The first kappa shape index (κ1) is 18.1. The molecule has 25 heavy (non-hydrogen) atoms. The number of methoxy groups -OCH3 is 1. The maximum Gasteiger partial charge on any atom is 0.264 e. The van der Waals surface area contributed by atoms with Gasteiger partial charge in [-0.3, -0.25) is 4.18 Å². The molecule has 2 aliphatic heterocycles. The molecular formula is C15H19N3O6S. The van der Waals surface area contributed by atoms with Gasteiger partial charge in [0.05, 0.1) is 18.5 Å². The van der Waals surface area contributed by atoms with Crippen LogP contribution in [0.4, 0.5) is 0 Å². The van der Waals surface area contributed by atoms with Gasteiger partial charge in [0.25, 0.3) is 10.1 Å². The Kier molecular flexibility index (Phi) is 5.28. The highest BCUT2D eigenvalue weighted by molar-refractivity contribution is 7.86. The summed E-state index contributed by atoms with van der Waals surface area (Å²) in [5.41, 5.74) is 9.77. The number of ether oxygens (including phenoxy) is 3.